The molecular weight excluding hydrogens is 103 g/mol. The van der Waals surface area contributed by atoms with Crippen molar-refractivity contribution in [3.8, 4) is 0 Å². The van der Waals surface area contributed by atoms with Crippen LogP contribution in [0.5, 0.6) is 0 Å². The van der Waals surface area contributed by atoms with E-state index < -0.39 is 0 Å². The predicted octanol–water partition coefficient (Wildman–Crippen LogP) is -1.09. The molecule has 1 unspecified atom stereocenters. The van der Waals surface area contributed by atoms with E-state index in [0.29, 0.717) is 6.54 Å². The number of hydrogen-bond acceptors (Lipinski definition) is 2. The van der Waals surface area contributed by atoms with Crippen molar-refractivity contribution in [2.75, 3.05) is 6.54 Å². The minimum Gasteiger partial charge on any atom is -0.329 e. The van der Waals surface area contributed by atoms with Crippen LogP contribution in [0.1, 0.15) is 6.92 Å². The minimum absolute atomic E-state index is 0. The van der Waals surface area contributed by atoms with Gasteiger partial charge in [-0.2, -0.15) is 0 Å². The Hall–Kier alpha value is 1.56. The molecule has 0 amide bonds. The molecule has 0 saturated heterocycles. The van der Waals surface area contributed by atoms with E-state index in [1.807, 2.05) is 6.92 Å². The predicted molar refractivity (Wildman–Crippen MR) is 28.5 cm³/mol. The molecule has 0 aromatic heterocycles. The van der Waals surface area contributed by atoms with Crippen molar-refractivity contribution in [1.82, 2.24) is 0 Å². The SMILES string of the molecule is CC(N)CN.[K]. The average molecular weight is 113 g/mol. The zero-order chi connectivity index (χ0) is 4.28. The van der Waals surface area contributed by atoms with Gasteiger partial charge < -0.3 is 11.5 Å². The molecule has 6 heavy (non-hydrogen) atoms. The van der Waals surface area contributed by atoms with Gasteiger partial charge in [-0.3, -0.25) is 0 Å². The van der Waals surface area contributed by atoms with Gasteiger partial charge in [-0.15, -0.1) is 0 Å². The van der Waals surface area contributed by atoms with E-state index in [2.05, 4.69) is 0 Å². The third kappa shape index (κ3) is 9.12. The Morgan fingerprint density at radius 2 is 1.83 bits per heavy atom. The summed E-state index contributed by atoms with van der Waals surface area (Å²) in [4.78, 5) is 0. The molecule has 2 nitrogen and oxygen atoms in total. The molecule has 4 N–H and O–H groups in total. The summed E-state index contributed by atoms with van der Waals surface area (Å²) >= 11 is 0. The first kappa shape index (κ1) is 10.5. The topological polar surface area (TPSA) is 52.0 Å². The van der Waals surface area contributed by atoms with Gasteiger partial charge in [-0.1, -0.05) is 0 Å². The average Bonchev–Trinajstić information content (AvgIpc) is 1.38. The van der Waals surface area contributed by atoms with Gasteiger partial charge in [0.1, 0.15) is 0 Å². The first-order valence-corrected chi connectivity index (χ1v) is 1.73. The summed E-state index contributed by atoms with van der Waals surface area (Å²) in [6.45, 7) is 2.46. The zero-order valence-corrected chi connectivity index (χ0v) is 7.56. The molecule has 1 radical (unpaired) electrons. The standard InChI is InChI=1S/C3H10N2.K/c1-3(5)2-4;/h3H,2,4-5H2,1H3;. The minimum atomic E-state index is 0. The van der Waals surface area contributed by atoms with Crippen LogP contribution in [0.25, 0.3) is 0 Å². The van der Waals surface area contributed by atoms with Crippen LogP contribution in [-0.4, -0.2) is 64.0 Å². The quantitative estimate of drug-likeness (QED) is 0.425. The fourth-order valence-electron chi connectivity index (χ4n) is 0. The fourth-order valence-corrected chi connectivity index (χ4v) is 0. The van der Waals surface area contributed by atoms with Gasteiger partial charge >= 0.3 is 0 Å². The molecule has 0 aliphatic carbocycles. The monoisotopic (exact) mass is 113 g/mol. The normalized spacial score (nSPS) is 12.5. The molecule has 3 heteroatoms. The number of nitrogens with two attached hydrogens (primary N) is 2. The van der Waals surface area contributed by atoms with Crippen LogP contribution in [0, 0.1) is 0 Å². The summed E-state index contributed by atoms with van der Waals surface area (Å²) < 4.78 is 0. The van der Waals surface area contributed by atoms with Crippen LogP contribution in [0.15, 0.2) is 0 Å². The second-order valence-electron chi connectivity index (χ2n) is 1.21. The first-order chi connectivity index (χ1) is 2.27. The molecular formula is C3H10KN2. The van der Waals surface area contributed by atoms with E-state index >= 15 is 0 Å². The maximum atomic E-state index is 5.17. The van der Waals surface area contributed by atoms with Gasteiger partial charge in [-0.05, 0) is 6.92 Å². The van der Waals surface area contributed by atoms with Gasteiger partial charge in [-0.25, -0.2) is 0 Å². The van der Waals surface area contributed by atoms with Crippen molar-refractivity contribution in [3.63, 3.8) is 0 Å². The first-order valence-electron chi connectivity index (χ1n) is 1.73. The summed E-state index contributed by atoms with van der Waals surface area (Å²) in [5, 5.41) is 0. The van der Waals surface area contributed by atoms with E-state index in [9.17, 15) is 0 Å². The van der Waals surface area contributed by atoms with Crippen molar-refractivity contribution >= 4 is 51.4 Å². The summed E-state index contributed by atoms with van der Waals surface area (Å²) in [6, 6.07) is 0.162. The van der Waals surface area contributed by atoms with Crippen LogP contribution in [0.2, 0.25) is 0 Å². The van der Waals surface area contributed by atoms with Crippen LogP contribution in [-0.2, 0) is 0 Å². The Morgan fingerprint density at radius 3 is 1.83 bits per heavy atom. The van der Waals surface area contributed by atoms with Crippen molar-refractivity contribution in [2.24, 2.45) is 11.5 Å². The van der Waals surface area contributed by atoms with Crippen LogP contribution < -0.4 is 11.5 Å². The van der Waals surface area contributed by atoms with Crippen LogP contribution in [0.4, 0.5) is 0 Å². The van der Waals surface area contributed by atoms with E-state index in [1.165, 1.54) is 0 Å². The molecule has 0 fully saturated rings. The molecule has 0 aromatic carbocycles. The smallest absolute Gasteiger partial charge is 0.0134 e. The number of rotatable bonds is 1. The maximum absolute atomic E-state index is 5.17. The Bertz CT molecular complexity index is 22.8. The van der Waals surface area contributed by atoms with E-state index in [0.717, 1.165) is 0 Å². The zero-order valence-electron chi connectivity index (χ0n) is 4.44. The van der Waals surface area contributed by atoms with Crippen molar-refractivity contribution in [1.29, 1.82) is 0 Å². The Balaban J connectivity index is 0. The largest absolute Gasteiger partial charge is 0.329 e. The molecule has 0 saturated carbocycles. The molecule has 0 aromatic rings. The summed E-state index contributed by atoms with van der Waals surface area (Å²) in [6.07, 6.45) is 0. The summed E-state index contributed by atoms with van der Waals surface area (Å²) in [7, 11) is 0. The Morgan fingerprint density at radius 1 is 1.67 bits per heavy atom. The van der Waals surface area contributed by atoms with E-state index in [1.54, 1.807) is 0 Å². The maximum Gasteiger partial charge on any atom is 0.0134 e. The second kappa shape index (κ2) is 6.56. The molecule has 1 atom stereocenters. The van der Waals surface area contributed by atoms with Crippen LogP contribution >= 0.6 is 0 Å². The Kier molecular flexibility index (Phi) is 11.5. The van der Waals surface area contributed by atoms with Crippen molar-refractivity contribution in [3.05, 3.63) is 0 Å². The Labute approximate surface area is 81.1 Å². The van der Waals surface area contributed by atoms with Gasteiger partial charge in [0.25, 0.3) is 0 Å². The number of hydrogen-bond donors (Lipinski definition) is 2. The molecule has 0 aliphatic heterocycles. The molecule has 0 bridgehead atoms. The molecule has 33 valence electrons. The van der Waals surface area contributed by atoms with Crippen molar-refractivity contribution < 1.29 is 0 Å². The van der Waals surface area contributed by atoms with E-state index in [4.69, 9.17) is 11.5 Å². The van der Waals surface area contributed by atoms with Gasteiger partial charge in [0, 0.05) is 64.0 Å². The molecule has 0 spiro atoms. The van der Waals surface area contributed by atoms with E-state index in [-0.39, 0.29) is 57.4 Å². The van der Waals surface area contributed by atoms with Gasteiger partial charge in [0.15, 0.2) is 0 Å². The van der Waals surface area contributed by atoms with Crippen molar-refractivity contribution in [2.45, 2.75) is 13.0 Å². The summed E-state index contributed by atoms with van der Waals surface area (Å²) in [5.41, 5.74) is 10.2. The van der Waals surface area contributed by atoms with Gasteiger partial charge in [0.2, 0.25) is 0 Å². The second-order valence-corrected chi connectivity index (χ2v) is 1.21. The molecule has 0 heterocycles. The third-order valence-electron chi connectivity index (χ3n) is 0.372. The fraction of sp³-hybridized carbons (Fsp3) is 1.00. The molecule has 0 rings (SSSR count). The third-order valence-corrected chi connectivity index (χ3v) is 0.372. The molecule has 0 aliphatic rings. The van der Waals surface area contributed by atoms with Crippen LogP contribution in [0.3, 0.4) is 0 Å². The summed E-state index contributed by atoms with van der Waals surface area (Å²) in [5.74, 6) is 0. The van der Waals surface area contributed by atoms with Gasteiger partial charge in [0.05, 0.1) is 0 Å².